The van der Waals surface area contributed by atoms with Crippen molar-refractivity contribution >= 4 is 32.0 Å². The summed E-state index contributed by atoms with van der Waals surface area (Å²) in [6.07, 6.45) is -4.36. The third kappa shape index (κ3) is 3.48. The third-order valence-corrected chi connectivity index (χ3v) is 2.80. The maximum absolute atomic E-state index is 12.2. The number of benzene rings is 1. The quantitative estimate of drug-likeness (QED) is 0.538. The van der Waals surface area contributed by atoms with Crippen LogP contribution in [-0.4, -0.2) is 9.89 Å². The number of rotatable bonds is 1. The topological polar surface area (TPSA) is 12.4 Å². The molecule has 0 saturated carbocycles. The zero-order valence-electron chi connectivity index (χ0n) is 8.19. The van der Waals surface area contributed by atoms with Gasteiger partial charge in [0, 0.05) is 0 Å². The Morgan fingerprint density at radius 2 is 1.80 bits per heavy atom. The van der Waals surface area contributed by atoms with Crippen LogP contribution in [0.5, 0.6) is 0 Å². The van der Waals surface area contributed by atoms with E-state index in [9.17, 15) is 13.2 Å². The predicted molar refractivity (Wildman–Crippen MR) is 63.1 cm³/mol. The molecule has 1 nitrogen and oxygen atoms in total. The van der Waals surface area contributed by atoms with Gasteiger partial charge in [-0.2, -0.15) is 13.2 Å². The van der Waals surface area contributed by atoms with Gasteiger partial charge in [0.05, 0.1) is 5.69 Å². The van der Waals surface area contributed by atoms with E-state index in [0.29, 0.717) is 5.69 Å². The Labute approximate surface area is 99.5 Å². The molecule has 0 aliphatic heterocycles. The van der Waals surface area contributed by atoms with Gasteiger partial charge in [0.1, 0.15) is 0 Å². The summed E-state index contributed by atoms with van der Waals surface area (Å²) in [6.45, 7) is 3.74. The molecule has 1 aromatic rings. The molecule has 0 atom stereocenters. The van der Waals surface area contributed by atoms with Gasteiger partial charge in [-0.25, -0.2) is 4.99 Å². The standard InChI is InChI=1S/C10H9F3IN/c1-6-3-4-8(5-7(6)2)15-9(14)10(11,12)13/h3-5H,1-2H3. The molecule has 1 rings (SSSR count). The summed E-state index contributed by atoms with van der Waals surface area (Å²) in [4.78, 5) is 3.51. The number of alkyl halides is 3. The molecule has 5 heteroatoms. The number of aliphatic imine (C=N–C) groups is 1. The first-order valence-electron chi connectivity index (χ1n) is 4.19. The lowest BCUT2D eigenvalue weighted by molar-refractivity contribution is -0.0544. The van der Waals surface area contributed by atoms with Crippen molar-refractivity contribution < 1.29 is 13.2 Å². The summed E-state index contributed by atoms with van der Waals surface area (Å²) >= 11 is 1.20. The molecule has 0 saturated heterocycles. The first-order chi connectivity index (χ1) is 6.80. The lowest BCUT2D eigenvalue weighted by Crippen LogP contribution is -2.15. The highest BCUT2D eigenvalue weighted by atomic mass is 127. The Bertz CT molecular complexity index is 396. The number of hydrogen-bond donors (Lipinski definition) is 0. The highest BCUT2D eigenvalue weighted by Gasteiger charge is 2.33. The van der Waals surface area contributed by atoms with E-state index in [4.69, 9.17) is 0 Å². The van der Waals surface area contributed by atoms with Gasteiger partial charge in [0.25, 0.3) is 0 Å². The molecule has 0 amide bonds. The molecule has 0 N–H and O–H groups in total. The van der Waals surface area contributed by atoms with Gasteiger partial charge in [-0.3, -0.25) is 0 Å². The SMILES string of the molecule is Cc1ccc(N=C(I)C(F)(F)F)cc1C. The van der Waals surface area contributed by atoms with E-state index in [0.717, 1.165) is 11.1 Å². The van der Waals surface area contributed by atoms with Crippen molar-refractivity contribution in [1.29, 1.82) is 0 Å². The molecular formula is C10H9F3IN. The second-order valence-electron chi connectivity index (χ2n) is 3.17. The van der Waals surface area contributed by atoms with Crippen molar-refractivity contribution in [3.8, 4) is 0 Å². The summed E-state index contributed by atoms with van der Waals surface area (Å²) in [6, 6.07) is 4.97. The fourth-order valence-electron chi connectivity index (χ4n) is 0.972. The zero-order valence-corrected chi connectivity index (χ0v) is 10.3. The monoisotopic (exact) mass is 327 g/mol. The van der Waals surface area contributed by atoms with Crippen LogP contribution in [0.4, 0.5) is 18.9 Å². The van der Waals surface area contributed by atoms with E-state index in [2.05, 4.69) is 4.99 Å². The van der Waals surface area contributed by atoms with Gasteiger partial charge in [-0.15, -0.1) is 0 Å². The Morgan fingerprint density at radius 3 is 2.27 bits per heavy atom. The Morgan fingerprint density at radius 1 is 1.20 bits per heavy atom. The van der Waals surface area contributed by atoms with Crippen LogP contribution < -0.4 is 0 Å². The van der Waals surface area contributed by atoms with Crippen LogP contribution in [0.2, 0.25) is 0 Å². The van der Waals surface area contributed by atoms with Gasteiger partial charge in [-0.05, 0) is 59.7 Å². The molecule has 0 spiro atoms. The minimum atomic E-state index is -4.36. The summed E-state index contributed by atoms with van der Waals surface area (Å²) in [5.41, 5.74) is 2.30. The molecular weight excluding hydrogens is 318 g/mol. The summed E-state index contributed by atoms with van der Waals surface area (Å²) in [5.74, 6) is 0. The van der Waals surface area contributed by atoms with Crippen molar-refractivity contribution in [3.63, 3.8) is 0 Å². The number of hydrogen-bond acceptors (Lipinski definition) is 1. The van der Waals surface area contributed by atoms with Crippen LogP contribution in [0.3, 0.4) is 0 Å². The van der Waals surface area contributed by atoms with Gasteiger partial charge < -0.3 is 0 Å². The van der Waals surface area contributed by atoms with Crippen LogP contribution in [0.1, 0.15) is 11.1 Å². The van der Waals surface area contributed by atoms with Crippen LogP contribution in [0, 0.1) is 13.8 Å². The summed E-state index contributed by atoms with van der Waals surface area (Å²) in [7, 11) is 0. The molecule has 0 radical (unpaired) electrons. The van der Waals surface area contributed by atoms with Crippen molar-refractivity contribution in [2.24, 2.45) is 4.99 Å². The molecule has 1 aromatic carbocycles. The third-order valence-electron chi connectivity index (χ3n) is 1.95. The van der Waals surface area contributed by atoms with E-state index in [1.807, 2.05) is 13.8 Å². The summed E-state index contributed by atoms with van der Waals surface area (Å²) in [5, 5.41) is 0. The van der Waals surface area contributed by atoms with Gasteiger partial charge in [0.2, 0.25) is 0 Å². The van der Waals surface area contributed by atoms with Crippen molar-refractivity contribution in [3.05, 3.63) is 29.3 Å². The Kier molecular flexibility index (Phi) is 3.75. The fourth-order valence-corrected chi connectivity index (χ4v) is 1.25. The second-order valence-corrected chi connectivity index (χ2v) is 4.19. The maximum Gasteiger partial charge on any atom is 0.439 e. The smallest absolute Gasteiger partial charge is 0.238 e. The zero-order chi connectivity index (χ0) is 11.6. The highest BCUT2D eigenvalue weighted by molar-refractivity contribution is 14.1. The average Bonchev–Trinajstić information content (AvgIpc) is 2.10. The first-order valence-corrected chi connectivity index (χ1v) is 5.27. The summed E-state index contributed by atoms with van der Waals surface area (Å²) < 4.78 is 35.7. The minimum absolute atomic E-state index is 0.333. The van der Waals surface area contributed by atoms with Crippen LogP contribution in [-0.2, 0) is 0 Å². The molecule has 0 aromatic heterocycles. The van der Waals surface area contributed by atoms with Gasteiger partial charge in [-0.1, -0.05) is 6.07 Å². The molecule has 0 aliphatic carbocycles. The number of halogens is 4. The molecule has 0 fully saturated rings. The van der Waals surface area contributed by atoms with E-state index in [1.165, 1.54) is 22.6 Å². The minimum Gasteiger partial charge on any atom is -0.238 e. The van der Waals surface area contributed by atoms with Gasteiger partial charge in [0.15, 0.2) is 3.72 Å². The fraction of sp³-hybridized carbons (Fsp3) is 0.300. The molecule has 0 unspecified atom stereocenters. The molecule has 82 valence electrons. The average molecular weight is 327 g/mol. The van der Waals surface area contributed by atoms with E-state index in [1.54, 1.807) is 18.2 Å². The maximum atomic E-state index is 12.2. The molecule has 0 heterocycles. The second kappa shape index (κ2) is 4.51. The Hall–Kier alpha value is -0.590. The van der Waals surface area contributed by atoms with Crippen molar-refractivity contribution in [1.82, 2.24) is 0 Å². The van der Waals surface area contributed by atoms with Gasteiger partial charge >= 0.3 is 6.18 Å². The predicted octanol–water partition coefficient (Wildman–Crippen LogP) is 4.33. The lowest BCUT2D eigenvalue weighted by Gasteiger charge is -2.05. The largest absolute Gasteiger partial charge is 0.439 e. The normalized spacial score (nSPS) is 13.1. The van der Waals surface area contributed by atoms with E-state index < -0.39 is 9.89 Å². The first kappa shape index (κ1) is 12.5. The van der Waals surface area contributed by atoms with Crippen LogP contribution in [0.15, 0.2) is 23.2 Å². The van der Waals surface area contributed by atoms with Crippen molar-refractivity contribution in [2.75, 3.05) is 0 Å². The molecule has 0 aliphatic rings. The lowest BCUT2D eigenvalue weighted by atomic mass is 10.1. The Balaban J connectivity index is 3.04. The molecule has 15 heavy (non-hydrogen) atoms. The highest BCUT2D eigenvalue weighted by Crippen LogP contribution is 2.26. The van der Waals surface area contributed by atoms with E-state index in [-0.39, 0.29) is 0 Å². The van der Waals surface area contributed by atoms with Crippen LogP contribution in [0.25, 0.3) is 0 Å². The number of aryl methyl sites for hydroxylation is 2. The van der Waals surface area contributed by atoms with E-state index >= 15 is 0 Å². The van der Waals surface area contributed by atoms with Crippen molar-refractivity contribution in [2.45, 2.75) is 20.0 Å². The number of nitrogens with zero attached hydrogens (tertiary/aromatic N) is 1. The van der Waals surface area contributed by atoms with Crippen LogP contribution >= 0.6 is 22.6 Å². The molecule has 0 bridgehead atoms.